The van der Waals surface area contributed by atoms with Crippen LogP contribution in [0.1, 0.15) is 0 Å². The summed E-state index contributed by atoms with van der Waals surface area (Å²) in [6.07, 6.45) is 0. The van der Waals surface area contributed by atoms with Gasteiger partial charge in [0.2, 0.25) is 0 Å². The van der Waals surface area contributed by atoms with Gasteiger partial charge >= 0.3 is 249 Å². The van der Waals surface area contributed by atoms with Crippen LogP contribution in [0.2, 0.25) is 0 Å². The number of nitrogens with zero attached hydrogens (tertiary/aromatic N) is 3. The maximum absolute atomic E-state index is 5.65. The largest absolute Gasteiger partial charge is 0.0617 e. The van der Waals surface area contributed by atoms with Crippen molar-refractivity contribution in [2.45, 2.75) is 0 Å². The minimum absolute atomic E-state index is 0.258. The fraction of sp³-hybridized carbons (Fsp3) is 0. The van der Waals surface area contributed by atoms with Crippen LogP contribution >= 0.6 is 0 Å². The van der Waals surface area contributed by atoms with Gasteiger partial charge in [0.25, 0.3) is 0 Å². The van der Waals surface area contributed by atoms with Crippen molar-refractivity contribution < 1.29 is 0 Å². The molecule has 0 unspecified atom stereocenters. The van der Waals surface area contributed by atoms with Gasteiger partial charge in [0.1, 0.15) is 0 Å². The van der Waals surface area contributed by atoms with E-state index in [-0.39, 0.29) is 14.5 Å². The van der Waals surface area contributed by atoms with Crippen molar-refractivity contribution in [3.63, 3.8) is 0 Å². The van der Waals surface area contributed by atoms with Crippen molar-refractivity contribution in [2.75, 3.05) is 0 Å². The summed E-state index contributed by atoms with van der Waals surface area (Å²) in [7, 11) is -3.27. The Labute approximate surface area is 443 Å². The Kier molecular flexibility index (Phi) is 11.2. The minimum atomic E-state index is -3.27. The normalized spacial score (nSPS) is 11.7. The van der Waals surface area contributed by atoms with E-state index < -0.39 is 8.07 Å². The molecule has 3 nitrogen and oxygen atoms in total. The molecule has 75 heavy (non-hydrogen) atoms. The van der Waals surface area contributed by atoms with Gasteiger partial charge in [-0.1, -0.05) is 164 Å². The molecule has 0 spiro atoms. The predicted molar refractivity (Wildman–Crippen MR) is 319 cm³/mol. The van der Waals surface area contributed by atoms with Gasteiger partial charge in [0, 0.05) is 0 Å². The summed E-state index contributed by atoms with van der Waals surface area (Å²) in [6, 6.07) is 105. The first-order valence-electron chi connectivity index (χ1n) is 25.5. The quantitative estimate of drug-likeness (QED) is 0.101. The van der Waals surface area contributed by atoms with Crippen LogP contribution in [0.25, 0.3) is 103 Å². The smallest absolute Gasteiger partial charge is 0.0540 e. The van der Waals surface area contributed by atoms with E-state index in [9.17, 15) is 0 Å². The fourth-order valence-corrected chi connectivity index (χ4v) is 18.6. The Hall–Kier alpha value is -8.96. The van der Waals surface area contributed by atoms with Crippen molar-refractivity contribution in [1.29, 1.82) is 0 Å². The van der Waals surface area contributed by atoms with Crippen LogP contribution in [0.4, 0.5) is 0 Å². The Morgan fingerprint density at radius 2 is 0.640 bits per heavy atom. The zero-order valence-corrected chi connectivity index (χ0v) is 43.6. The molecule has 0 radical (unpaired) electrons. The maximum atomic E-state index is 5.65. The molecule has 11 aromatic carbocycles. The van der Waals surface area contributed by atoms with E-state index >= 15 is 0 Å². The topological polar surface area (TPSA) is 30.7 Å². The first-order valence-corrected chi connectivity index (χ1v) is 29.3. The monoisotopic (exact) mass is 1040 g/mol. The molecule has 352 valence electrons. The standard InChI is InChI=1S/C70H47N3SeSi/c1-4-20-48(21-5-1)51-26-16-30-56(42-51)75(57-31-17-27-52(43-57)49-22-6-2-7-23-49,58-32-18-28-53(44-58)50-24-8-3-9-25-50)59-33-19-29-54(45-59)64-47-65(55-40-41-69-63(46-55)62-36-12-15-39-68(62)74-69)72-70(71-64)73-66-37-13-10-34-60(66)61-35-11-14-38-67(61)73/h1-47H. The summed E-state index contributed by atoms with van der Waals surface area (Å²) < 4.78 is 5.09. The van der Waals surface area contributed by atoms with Crippen LogP contribution in [0.5, 0.6) is 0 Å². The molecule has 0 bridgehead atoms. The first kappa shape index (κ1) is 44.7. The number of para-hydroxylation sites is 2. The second-order valence-corrected chi connectivity index (χ2v) is 25.4. The molecular weight excluding hydrogens is 990 g/mol. The fourth-order valence-electron chi connectivity index (χ4n) is 11.5. The summed E-state index contributed by atoms with van der Waals surface area (Å²) >= 11 is 0.258. The first-order chi connectivity index (χ1) is 37.2. The number of fused-ring (bicyclic) bond motifs is 6. The molecule has 14 aromatic rings. The molecular formula is C70H47N3SeSi. The Balaban J connectivity index is 1.05. The molecule has 0 atom stereocenters. The van der Waals surface area contributed by atoms with Crippen LogP contribution < -0.4 is 20.7 Å². The molecule has 0 aliphatic heterocycles. The van der Waals surface area contributed by atoms with Crippen molar-refractivity contribution >= 4 is 84.4 Å². The van der Waals surface area contributed by atoms with E-state index in [2.05, 4.69) is 290 Å². The molecule has 3 heterocycles. The second-order valence-electron chi connectivity index (χ2n) is 19.3. The number of rotatable bonds is 10. The zero-order valence-electron chi connectivity index (χ0n) is 40.9. The Morgan fingerprint density at radius 1 is 0.267 bits per heavy atom. The van der Waals surface area contributed by atoms with Gasteiger partial charge in [-0.15, -0.1) is 0 Å². The van der Waals surface area contributed by atoms with Crippen molar-refractivity contribution in [2.24, 2.45) is 0 Å². The number of benzene rings is 11. The third kappa shape index (κ3) is 7.89. The average molecular weight is 1040 g/mol. The molecule has 0 N–H and O–H groups in total. The van der Waals surface area contributed by atoms with Crippen LogP contribution in [0, 0.1) is 0 Å². The van der Waals surface area contributed by atoms with E-state index in [0.717, 1.165) is 33.5 Å². The van der Waals surface area contributed by atoms with E-state index in [1.807, 2.05) is 0 Å². The molecule has 0 fully saturated rings. The minimum Gasteiger partial charge on any atom is -0.0617 e. The van der Waals surface area contributed by atoms with Crippen molar-refractivity contribution in [1.82, 2.24) is 14.5 Å². The summed E-state index contributed by atoms with van der Waals surface area (Å²) in [5.41, 5.74) is 13.1. The Bertz CT molecular complexity index is 4170. The maximum Gasteiger partial charge on any atom is -0.0540 e. The molecule has 0 amide bonds. The summed E-state index contributed by atoms with van der Waals surface area (Å²) in [4.78, 5) is 11.2. The zero-order chi connectivity index (χ0) is 49.7. The summed E-state index contributed by atoms with van der Waals surface area (Å²) in [5, 5.41) is 10.1. The van der Waals surface area contributed by atoms with E-state index in [1.165, 1.54) is 84.2 Å². The third-order valence-corrected chi connectivity index (χ3v) is 22.1. The van der Waals surface area contributed by atoms with Crippen LogP contribution in [-0.4, -0.2) is 37.1 Å². The molecule has 0 aliphatic carbocycles. The van der Waals surface area contributed by atoms with Crippen molar-refractivity contribution in [3.05, 3.63) is 285 Å². The number of aromatic nitrogens is 3. The van der Waals surface area contributed by atoms with Gasteiger partial charge in [0.15, 0.2) is 0 Å². The SMILES string of the molecule is c1ccc(-c2cccc([Si](c3cccc(-c4ccccc4)c3)(c3cccc(-c4ccccc4)c3)c3cccc(-c4cc(-c5ccc6[se]c7ccccc7c6c5)nc(-n5c6ccccc6c6ccccc65)n4)c3)c2)cc1. The number of hydrogen-bond donors (Lipinski definition) is 0. The molecule has 0 saturated heterocycles. The summed E-state index contributed by atoms with van der Waals surface area (Å²) in [5.74, 6) is 0.639. The predicted octanol–water partition coefficient (Wildman–Crippen LogP) is 14.6. The third-order valence-electron chi connectivity index (χ3n) is 15.0. The van der Waals surface area contributed by atoms with Crippen LogP contribution in [0.3, 0.4) is 0 Å². The van der Waals surface area contributed by atoms with E-state index in [0.29, 0.717) is 5.95 Å². The van der Waals surface area contributed by atoms with Gasteiger partial charge in [-0.3, -0.25) is 0 Å². The Morgan fingerprint density at radius 3 is 1.13 bits per heavy atom. The van der Waals surface area contributed by atoms with Gasteiger partial charge in [-0.2, -0.15) is 0 Å². The molecule has 5 heteroatoms. The molecule has 0 aliphatic rings. The van der Waals surface area contributed by atoms with Gasteiger partial charge in [-0.05, 0) is 33.4 Å². The molecule has 14 rings (SSSR count). The van der Waals surface area contributed by atoms with Gasteiger partial charge < -0.3 is 0 Å². The molecule has 3 aromatic heterocycles. The van der Waals surface area contributed by atoms with E-state index in [4.69, 9.17) is 9.97 Å². The molecule has 0 saturated carbocycles. The number of hydrogen-bond acceptors (Lipinski definition) is 2. The van der Waals surface area contributed by atoms with Gasteiger partial charge in [0.05, 0.1) is 0 Å². The van der Waals surface area contributed by atoms with Crippen LogP contribution in [-0.2, 0) is 0 Å². The van der Waals surface area contributed by atoms with Crippen LogP contribution in [0.15, 0.2) is 285 Å². The average Bonchev–Trinajstić information content (AvgIpc) is 4.05. The second kappa shape index (κ2) is 18.8. The summed E-state index contributed by atoms with van der Waals surface area (Å²) in [6.45, 7) is 0. The van der Waals surface area contributed by atoms with Crippen molar-refractivity contribution in [3.8, 4) is 61.8 Å². The van der Waals surface area contributed by atoms with Gasteiger partial charge in [-0.25, -0.2) is 0 Å². The van der Waals surface area contributed by atoms with E-state index in [1.54, 1.807) is 0 Å².